The maximum absolute atomic E-state index is 12.4. The van der Waals surface area contributed by atoms with Crippen LogP contribution < -0.4 is 14.9 Å². The first-order valence-electron chi connectivity index (χ1n) is 15.0. The van der Waals surface area contributed by atoms with E-state index in [1.807, 2.05) is 0 Å². The zero-order valence-electron chi connectivity index (χ0n) is 24.4. The van der Waals surface area contributed by atoms with Crippen LogP contribution in [0, 0.1) is 0 Å². The molecule has 1 N–H and O–H groups in total. The van der Waals surface area contributed by atoms with Gasteiger partial charge in [0.1, 0.15) is 0 Å². The summed E-state index contributed by atoms with van der Waals surface area (Å²) in [6, 6.07) is 11.5. The van der Waals surface area contributed by atoms with E-state index in [4.69, 9.17) is 21.1 Å². The molecule has 2 aromatic rings. The molecule has 0 bridgehead atoms. The largest absolute Gasteiger partial charge is 0.493 e. The first-order chi connectivity index (χ1) is 19.5. The number of hydrogen-bond acceptors (Lipinski definition) is 5. The van der Waals surface area contributed by atoms with Crippen molar-refractivity contribution in [3.05, 3.63) is 58.6 Å². The van der Waals surface area contributed by atoms with Crippen molar-refractivity contribution < 1.29 is 19.1 Å². The molecule has 0 aliphatic carbocycles. The van der Waals surface area contributed by atoms with Gasteiger partial charge in [-0.25, -0.2) is 10.2 Å². The number of amides is 1. The second-order valence-corrected chi connectivity index (χ2v) is 10.7. The lowest BCUT2D eigenvalue weighted by atomic mass is 10.0. The molecule has 0 radical (unpaired) electrons. The van der Waals surface area contributed by atoms with E-state index in [2.05, 4.69) is 17.5 Å². The Morgan fingerprint density at radius 2 is 1.32 bits per heavy atom. The van der Waals surface area contributed by atoms with Gasteiger partial charge in [-0.3, -0.25) is 4.79 Å². The third-order valence-corrected chi connectivity index (χ3v) is 7.13. The fourth-order valence-corrected chi connectivity index (χ4v) is 4.61. The number of hydrazone groups is 1. The van der Waals surface area contributed by atoms with Crippen molar-refractivity contribution in [2.45, 2.75) is 110 Å². The normalized spacial score (nSPS) is 11.1. The standard InChI is InChI=1S/C33H47ClN2O4/c1-3-4-5-6-7-8-9-10-11-12-13-14-15-16-17-18-32(37)36-35-26-27-19-24-30(31(25-27)39-2)40-33(38)28-20-22-29(34)23-21-28/h19-26H,3-18H2,1-2H3,(H,36,37). The molecule has 0 unspecified atom stereocenters. The van der Waals surface area contributed by atoms with Gasteiger partial charge in [-0.05, 0) is 54.4 Å². The second-order valence-electron chi connectivity index (χ2n) is 10.3. The van der Waals surface area contributed by atoms with Crippen molar-refractivity contribution in [3.8, 4) is 11.5 Å². The van der Waals surface area contributed by atoms with E-state index in [-0.39, 0.29) is 11.7 Å². The topological polar surface area (TPSA) is 77.0 Å². The van der Waals surface area contributed by atoms with Gasteiger partial charge in [-0.2, -0.15) is 5.10 Å². The van der Waals surface area contributed by atoms with Crippen molar-refractivity contribution in [2.75, 3.05) is 7.11 Å². The molecule has 2 rings (SSSR count). The van der Waals surface area contributed by atoms with Gasteiger partial charge in [-0.1, -0.05) is 108 Å². The molecule has 0 aliphatic heterocycles. The summed E-state index contributed by atoms with van der Waals surface area (Å²) in [7, 11) is 1.49. The monoisotopic (exact) mass is 570 g/mol. The number of ether oxygens (including phenoxy) is 2. The number of halogens is 1. The Kier molecular flexibility index (Phi) is 17.5. The fraction of sp³-hybridized carbons (Fsp3) is 0.545. The first-order valence-corrected chi connectivity index (χ1v) is 15.4. The highest BCUT2D eigenvalue weighted by atomic mass is 35.5. The molecule has 1 amide bonds. The van der Waals surface area contributed by atoms with Crippen LogP contribution >= 0.6 is 11.6 Å². The van der Waals surface area contributed by atoms with E-state index in [1.165, 1.54) is 96.8 Å². The Hall–Kier alpha value is -2.86. The number of carbonyl (C=O) groups excluding carboxylic acids is 2. The van der Waals surface area contributed by atoms with E-state index in [0.717, 1.165) is 12.8 Å². The maximum atomic E-state index is 12.4. The summed E-state index contributed by atoms with van der Waals surface area (Å²) in [4.78, 5) is 24.5. The quantitative estimate of drug-likeness (QED) is 0.0533. The zero-order valence-corrected chi connectivity index (χ0v) is 25.1. The minimum absolute atomic E-state index is 0.0913. The summed E-state index contributed by atoms with van der Waals surface area (Å²) in [6.07, 6.45) is 21.5. The van der Waals surface area contributed by atoms with Crippen LogP contribution in [0.25, 0.3) is 0 Å². The number of nitrogens with zero attached hydrogens (tertiary/aromatic N) is 1. The molecule has 0 spiro atoms. The number of esters is 1. The van der Waals surface area contributed by atoms with Gasteiger partial charge in [0.2, 0.25) is 5.91 Å². The van der Waals surface area contributed by atoms with E-state index >= 15 is 0 Å². The van der Waals surface area contributed by atoms with E-state index in [0.29, 0.717) is 28.3 Å². The van der Waals surface area contributed by atoms with Crippen LogP contribution in [0.3, 0.4) is 0 Å². The summed E-state index contributed by atoms with van der Waals surface area (Å²) in [5, 5.41) is 4.59. The number of hydrogen-bond donors (Lipinski definition) is 1. The van der Waals surface area contributed by atoms with Crippen molar-refractivity contribution in [3.63, 3.8) is 0 Å². The fourth-order valence-electron chi connectivity index (χ4n) is 4.49. The van der Waals surface area contributed by atoms with Crippen molar-refractivity contribution in [1.82, 2.24) is 5.43 Å². The number of unbranched alkanes of at least 4 members (excludes halogenated alkanes) is 14. The summed E-state index contributed by atoms with van der Waals surface area (Å²) in [5.74, 6) is 0.0704. The molecule has 40 heavy (non-hydrogen) atoms. The summed E-state index contributed by atoms with van der Waals surface area (Å²) in [6.45, 7) is 2.27. The van der Waals surface area contributed by atoms with Crippen molar-refractivity contribution in [1.29, 1.82) is 0 Å². The molecule has 0 saturated carbocycles. The molecule has 0 heterocycles. The van der Waals surface area contributed by atoms with Crippen molar-refractivity contribution >= 4 is 29.7 Å². The Labute approximate surface area is 245 Å². The number of benzene rings is 2. The Morgan fingerprint density at radius 1 is 0.775 bits per heavy atom. The predicted molar refractivity (Wildman–Crippen MR) is 165 cm³/mol. The molecule has 0 aromatic heterocycles. The lowest BCUT2D eigenvalue weighted by Gasteiger charge is -2.10. The van der Waals surface area contributed by atoms with Crippen LogP contribution in [-0.2, 0) is 4.79 Å². The zero-order chi connectivity index (χ0) is 28.8. The Balaban J connectivity index is 1.55. The molecular weight excluding hydrogens is 524 g/mol. The van der Waals surface area contributed by atoms with Crippen LogP contribution in [0.15, 0.2) is 47.6 Å². The van der Waals surface area contributed by atoms with E-state index in [9.17, 15) is 9.59 Å². The SMILES string of the molecule is CCCCCCCCCCCCCCCCCC(=O)NN=Cc1ccc(OC(=O)c2ccc(Cl)cc2)c(OC)c1. The molecule has 220 valence electrons. The van der Waals surface area contributed by atoms with Crippen molar-refractivity contribution in [2.24, 2.45) is 5.10 Å². The van der Waals surface area contributed by atoms with Gasteiger partial charge >= 0.3 is 5.97 Å². The van der Waals surface area contributed by atoms with E-state index < -0.39 is 5.97 Å². The highest BCUT2D eigenvalue weighted by molar-refractivity contribution is 6.30. The molecule has 0 fully saturated rings. The van der Waals surface area contributed by atoms with E-state index in [1.54, 1.807) is 42.5 Å². The lowest BCUT2D eigenvalue weighted by molar-refractivity contribution is -0.121. The number of rotatable bonds is 21. The molecule has 0 atom stereocenters. The third kappa shape index (κ3) is 14.5. The van der Waals surface area contributed by atoms with Crippen LogP contribution in [0.1, 0.15) is 126 Å². The summed E-state index contributed by atoms with van der Waals surface area (Å²) < 4.78 is 10.8. The van der Waals surface area contributed by atoms with Gasteiger partial charge in [0.15, 0.2) is 11.5 Å². The number of nitrogens with one attached hydrogen (secondary N) is 1. The second kappa shape index (κ2) is 21.0. The Bertz CT molecular complexity index is 1020. The van der Waals surface area contributed by atoms with Crippen LogP contribution in [0.5, 0.6) is 11.5 Å². The van der Waals surface area contributed by atoms with Gasteiger partial charge in [0.05, 0.1) is 18.9 Å². The Morgan fingerprint density at radius 3 is 1.88 bits per heavy atom. The minimum atomic E-state index is -0.512. The molecule has 2 aromatic carbocycles. The molecule has 0 aliphatic rings. The predicted octanol–water partition coefficient (Wildman–Crippen LogP) is 9.28. The highest BCUT2D eigenvalue weighted by Gasteiger charge is 2.13. The molecule has 0 saturated heterocycles. The van der Waals surface area contributed by atoms with Gasteiger partial charge in [0, 0.05) is 11.4 Å². The highest BCUT2D eigenvalue weighted by Crippen LogP contribution is 2.28. The number of methoxy groups -OCH3 is 1. The van der Waals surface area contributed by atoms with Gasteiger partial charge < -0.3 is 9.47 Å². The third-order valence-electron chi connectivity index (χ3n) is 6.88. The molecule has 6 nitrogen and oxygen atoms in total. The molecular formula is C33H47ClN2O4. The van der Waals surface area contributed by atoms with Gasteiger partial charge in [-0.15, -0.1) is 0 Å². The summed E-state index contributed by atoms with van der Waals surface area (Å²) >= 11 is 5.87. The first kappa shape index (κ1) is 33.3. The summed E-state index contributed by atoms with van der Waals surface area (Å²) in [5.41, 5.74) is 3.67. The molecule has 7 heteroatoms. The minimum Gasteiger partial charge on any atom is -0.493 e. The lowest BCUT2D eigenvalue weighted by Crippen LogP contribution is -2.16. The van der Waals surface area contributed by atoms with Crippen LogP contribution in [0.4, 0.5) is 0 Å². The average Bonchev–Trinajstić information content (AvgIpc) is 2.96. The van der Waals surface area contributed by atoms with Crippen LogP contribution in [0.2, 0.25) is 5.02 Å². The smallest absolute Gasteiger partial charge is 0.343 e. The average molecular weight is 571 g/mol. The maximum Gasteiger partial charge on any atom is 0.343 e. The van der Waals surface area contributed by atoms with Gasteiger partial charge in [0.25, 0.3) is 0 Å². The number of carbonyl (C=O) groups is 2. The van der Waals surface area contributed by atoms with Crippen LogP contribution in [-0.4, -0.2) is 25.2 Å².